The fourth-order valence-corrected chi connectivity index (χ4v) is 1.31. The van der Waals surface area contributed by atoms with Crippen LogP contribution < -0.4 is 4.74 Å². The van der Waals surface area contributed by atoms with Crippen LogP contribution in [0.5, 0.6) is 5.75 Å². The summed E-state index contributed by atoms with van der Waals surface area (Å²) in [5.41, 5.74) is 0.525. The summed E-state index contributed by atoms with van der Waals surface area (Å²) in [6, 6.07) is 5.27. The molecule has 0 aliphatic heterocycles. The predicted molar refractivity (Wildman–Crippen MR) is 58.5 cm³/mol. The van der Waals surface area contributed by atoms with Gasteiger partial charge in [0.05, 0.1) is 5.56 Å². The average Bonchev–Trinajstić information content (AvgIpc) is 2.20. The van der Waals surface area contributed by atoms with E-state index in [1.54, 1.807) is 19.1 Å². The average molecular weight is 253 g/mol. The molecule has 0 saturated heterocycles. The molecule has 0 aromatic heterocycles. The first-order valence-corrected chi connectivity index (χ1v) is 4.84. The number of ether oxygens (including phenoxy) is 1. The van der Waals surface area contributed by atoms with Gasteiger partial charge in [0.15, 0.2) is 6.29 Å². The highest BCUT2D eigenvalue weighted by Crippen LogP contribution is 2.21. The van der Waals surface area contributed by atoms with Gasteiger partial charge in [-0.25, -0.2) is 0 Å². The number of hydrogen-bond acceptors (Lipinski definition) is 2. The Morgan fingerprint density at radius 3 is 3.00 bits per heavy atom. The van der Waals surface area contributed by atoms with Gasteiger partial charge in [0, 0.05) is 4.47 Å². The zero-order valence-corrected chi connectivity index (χ0v) is 9.30. The van der Waals surface area contributed by atoms with Crippen LogP contribution >= 0.6 is 15.9 Å². The van der Waals surface area contributed by atoms with E-state index in [2.05, 4.69) is 27.8 Å². The van der Waals surface area contributed by atoms with Gasteiger partial charge >= 0.3 is 0 Å². The molecule has 3 heteroatoms. The molecule has 0 radical (unpaired) electrons. The van der Waals surface area contributed by atoms with Crippen molar-refractivity contribution in [2.75, 3.05) is 6.61 Å². The lowest BCUT2D eigenvalue weighted by atomic mass is 10.2. The van der Waals surface area contributed by atoms with Gasteiger partial charge in [-0.05, 0) is 25.1 Å². The minimum atomic E-state index is 0.305. The summed E-state index contributed by atoms with van der Waals surface area (Å²) < 4.78 is 6.15. The molecule has 0 saturated carbocycles. The van der Waals surface area contributed by atoms with Crippen LogP contribution in [0.3, 0.4) is 0 Å². The SMILES string of the molecule is CC#CCOc1ccc(Br)cc1C=O. The van der Waals surface area contributed by atoms with E-state index < -0.39 is 0 Å². The van der Waals surface area contributed by atoms with Crippen LogP contribution in [0, 0.1) is 11.8 Å². The zero-order chi connectivity index (χ0) is 10.4. The van der Waals surface area contributed by atoms with Crippen LogP contribution in [0.15, 0.2) is 22.7 Å². The fraction of sp³-hybridized carbons (Fsp3) is 0.182. The smallest absolute Gasteiger partial charge is 0.153 e. The monoisotopic (exact) mass is 252 g/mol. The van der Waals surface area contributed by atoms with Gasteiger partial charge in [-0.15, -0.1) is 5.92 Å². The minimum Gasteiger partial charge on any atom is -0.480 e. The van der Waals surface area contributed by atoms with E-state index in [0.29, 0.717) is 17.9 Å². The third-order valence-corrected chi connectivity index (χ3v) is 2.07. The maximum atomic E-state index is 10.7. The summed E-state index contributed by atoms with van der Waals surface area (Å²) in [6.45, 7) is 2.05. The number of benzene rings is 1. The molecule has 14 heavy (non-hydrogen) atoms. The summed E-state index contributed by atoms with van der Waals surface area (Å²) >= 11 is 3.28. The molecule has 0 heterocycles. The molecule has 0 fully saturated rings. The van der Waals surface area contributed by atoms with Gasteiger partial charge in [0.25, 0.3) is 0 Å². The lowest BCUT2D eigenvalue weighted by Gasteiger charge is -2.04. The van der Waals surface area contributed by atoms with Crippen molar-refractivity contribution in [2.24, 2.45) is 0 Å². The lowest BCUT2D eigenvalue weighted by molar-refractivity contribution is 0.112. The summed E-state index contributed by atoms with van der Waals surface area (Å²) in [5, 5.41) is 0. The number of hydrogen-bond donors (Lipinski definition) is 0. The number of carbonyl (C=O) groups is 1. The molecular formula is C11H9BrO2. The van der Waals surface area contributed by atoms with Crippen molar-refractivity contribution in [1.29, 1.82) is 0 Å². The molecule has 0 N–H and O–H groups in total. The van der Waals surface area contributed by atoms with Gasteiger partial charge in [-0.3, -0.25) is 4.79 Å². The van der Waals surface area contributed by atoms with E-state index in [0.717, 1.165) is 10.8 Å². The molecule has 0 unspecified atom stereocenters. The van der Waals surface area contributed by atoms with Crippen LogP contribution in [0.2, 0.25) is 0 Å². The van der Waals surface area contributed by atoms with E-state index in [9.17, 15) is 4.79 Å². The Morgan fingerprint density at radius 2 is 2.36 bits per heavy atom. The number of rotatable bonds is 3. The molecule has 0 amide bonds. The Kier molecular flexibility index (Phi) is 4.21. The maximum absolute atomic E-state index is 10.7. The van der Waals surface area contributed by atoms with Crippen molar-refractivity contribution in [3.05, 3.63) is 28.2 Å². The topological polar surface area (TPSA) is 26.3 Å². The molecule has 1 aromatic carbocycles. The zero-order valence-electron chi connectivity index (χ0n) is 7.71. The lowest BCUT2D eigenvalue weighted by Crippen LogP contribution is -1.97. The normalized spacial score (nSPS) is 8.71. The second-order valence-electron chi connectivity index (χ2n) is 2.52. The van der Waals surface area contributed by atoms with Gasteiger partial charge in [0.1, 0.15) is 12.4 Å². The summed E-state index contributed by atoms with van der Waals surface area (Å²) in [5.74, 6) is 6.04. The minimum absolute atomic E-state index is 0.305. The Bertz CT molecular complexity index is 388. The van der Waals surface area contributed by atoms with Crippen molar-refractivity contribution < 1.29 is 9.53 Å². The molecule has 0 aliphatic carbocycles. The molecule has 1 rings (SSSR count). The first-order valence-electron chi connectivity index (χ1n) is 4.05. The van der Waals surface area contributed by atoms with Crippen molar-refractivity contribution in [2.45, 2.75) is 6.92 Å². The van der Waals surface area contributed by atoms with Crippen LogP contribution in [-0.2, 0) is 0 Å². The van der Waals surface area contributed by atoms with Crippen LogP contribution in [-0.4, -0.2) is 12.9 Å². The van der Waals surface area contributed by atoms with Crippen molar-refractivity contribution >= 4 is 22.2 Å². The standard InChI is InChI=1S/C11H9BrO2/c1-2-3-6-14-11-5-4-10(12)7-9(11)8-13/h4-5,7-8H,6H2,1H3. The van der Waals surface area contributed by atoms with Gasteiger partial charge in [-0.1, -0.05) is 21.9 Å². The molecule has 0 bridgehead atoms. The van der Waals surface area contributed by atoms with Crippen LogP contribution in [0.4, 0.5) is 0 Å². The maximum Gasteiger partial charge on any atom is 0.153 e. The highest BCUT2D eigenvalue weighted by atomic mass is 79.9. The first-order chi connectivity index (χ1) is 6.77. The molecular weight excluding hydrogens is 244 g/mol. The van der Waals surface area contributed by atoms with E-state index in [-0.39, 0.29) is 0 Å². The second kappa shape index (κ2) is 5.46. The Labute approximate surface area is 91.4 Å². The first kappa shape index (κ1) is 10.8. The predicted octanol–water partition coefficient (Wildman–Crippen LogP) is 2.66. The molecule has 0 aliphatic rings. The van der Waals surface area contributed by atoms with Crippen LogP contribution in [0.1, 0.15) is 17.3 Å². The third-order valence-electron chi connectivity index (χ3n) is 1.58. The van der Waals surface area contributed by atoms with Gasteiger partial charge in [0.2, 0.25) is 0 Å². The number of carbonyl (C=O) groups excluding carboxylic acids is 1. The van der Waals surface area contributed by atoms with Crippen molar-refractivity contribution in [3.63, 3.8) is 0 Å². The van der Waals surface area contributed by atoms with Gasteiger partial charge in [-0.2, -0.15) is 0 Å². The van der Waals surface area contributed by atoms with Crippen molar-refractivity contribution in [3.8, 4) is 17.6 Å². The second-order valence-corrected chi connectivity index (χ2v) is 3.43. The highest BCUT2D eigenvalue weighted by molar-refractivity contribution is 9.10. The van der Waals surface area contributed by atoms with Crippen molar-refractivity contribution in [1.82, 2.24) is 0 Å². The molecule has 72 valence electrons. The van der Waals surface area contributed by atoms with E-state index in [4.69, 9.17) is 4.74 Å². The van der Waals surface area contributed by atoms with Crippen LogP contribution in [0.25, 0.3) is 0 Å². The summed E-state index contributed by atoms with van der Waals surface area (Å²) in [4.78, 5) is 10.7. The Balaban J connectivity index is 2.83. The largest absolute Gasteiger partial charge is 0.480 e. The molecule has 0 spiro atoms. The molecule has 0 atom stereocenters. The molecule has 1 aromatic rings. The highest BCUT2D eigenvalue weighted by Gasteiger charge is 2.02. The number of aldehydes is 1. The Hall–Kier alpha value is -1.27. The van der Waals surface area contributed by atoms with E-state index >= 15 is 0 Å². The summed E-state index contributed by atoms with van der Waals surface area (Å²) in [6.07, 6.45) is 0.763. The summed E-state index contributed by atoms with van der Waals surface area (Å²) in [7, 11) is 0. The van der Waals surface area contributed by atoms with Gasteiger partial charge < -0.3 is 4.74 Å². The molecule has 2 nitrogen and oxygen atoms in total. The van der Waals surface area contributed by atoms with E-state index in [1.807, 2.05) is 6.07 Å². The Morgan fingerprint density at radius 1 is 1.57 bits per heavy atom. The third kappa shape index (κ3) is 2.90. The fourth-order valence-electron chi connectivity index (χ4n) is 0.929. The van der Waals surface area contributed by atoms with E-state index in [1.165, 1.54) is 0 Å². The number of halogens is 1. The quantitative estimate of drug-likeness (QED) is 0.611.